The van der Waals surface area contributed by atoms with Crippen molar-refractivity contribution in [2.45, 2.75) is 6.54 Å². The Morgan fingerprint density at radius 3 is 3.11 bits per heavy atom. The van der Waals surface area contributed by atoms with E-state index in [1.807, 2.05) is 12.1 Å². The number of hydrogen-bond acceptors (Lipinski definition) is 4. The SMILES string of the molecule is O=C(O)C=Cc1ccc(CN2CCNC(=O)C2)s1. The number of rotatable bonds is 4. The van der Waals surface area contributed by atoms with Gasteiger partial charge in [0, 0.05) is 35.5 Å². The molecule has 5 nitrogen and oxygen atoms in total. The monoisotopic (exact) mass is 266 g/mol. The molecule has 18 heavy (non-hydrogen) atoms. The number of carbonyl (C=O) groups excluding carboxylic acids is 1. The van der Waals surface area contributed by atoms with Crippen molar-refractivity contribution < 1.29 is 14.7 Å². The zero-order chi connectivity index (χ0) is 13.0. The summed E-state index contributed by atoms with van der Waals surface area (Å²) in [6, 6.07) is 3.86. The average Bonchev–Trinajstić information content (AvgIpc) is 2.74. The summed E-state index contributed by atoms with van der Waals surface area (Å²) in [5, 5.41) is 11.3. The van der Waals surface area contributed by atoms with Gasteiger partial charge < -0.3 is 10.4 Å². The van der Waals surface area contributed by atoms with Crippen LogP contribution < -0.4 is 5.32 Å². The predicted molar refractivity (Wildman–Crippen MR) is 69.3 cm³/mol. The molecule has 0 unspecified atom stereocenters. The largest absolute Gasteiger partial charge is 0.478 e. The molecule has 2 heterocycles. The van der Waals surface area contributed by atoms with Crippen LogP contribution in [0.1, 0.15) is 9.75 Å². The summed E-state index contributed by atoms with van der Waals surface area (Å²) < 4.78 is 0. The van der Waals surface area contributed by atoms with E-state index in [0.717, 1.165) is 28.9 Å². The first kappa shape index (κ1) is 12.8. The minimum Gasteiger partial charge on any atom is -0.478 e. The van der Waals surface area contributed by atoms with Crippen LogP contribution in [0.3, 0.4) is 0 Å². The number of carbonyl (C=O) groups is 2. The Labute approximate surface area is 109 Å². The van der Waals surface area contributed by atoms with Crippen molar-refractivity contribution >= 4 is 29.3 Å². The van der Waals surface area contributed by atoms with Gasteiger partial charge >= 0.3 is 5.97 Å². The van der Waals surface area contributed by atoms with E-state index in [0.29, 0.717) is 13.1 Å². The molecule has 0 saturated carbocycles. The van der Waals surface area contributed by atoms with E-state index < -0.39 is 5.97 Å². The van der Waals surface area contributed by atoms with Gasteiger partial charge in [-0.15, -0.1) is 11.3 Å². The minimum atomic E-state index is -0.947. The van der Waals surface area contributed by atoms with E-state index in [1.54, 1.807) is 17.4 Å². The van der Waals surface area contributed by atoms with Gasteiger partial charge in [-0.25, -0.2) is 4.79 Å². The maximum Gasteiger partial charge on any atom is 0.328 e. The number of piperazine rings is 1. The van der Waals surface area contributed by atoms with Gasteiger partial charge in [-0.05, 0) is 18.2 Å². The fourth-order valence-corrected chi connectivity index (χ4v) is 2.73. The first-order chi connectivity index (χ1) is 8.63. The third-order valence-electron chi connectivity index (χ3n) is 2.57. The van der Waals surface area contributed by atoms with Gasteiger partial charge in [0.1, 0.15) is 0 Å². The number of nitrogens with one attached hydrogen (secondary N) is 1. The van der Waals surface area contributed by atoms with E-state index in [4.69, 9.17) is 5.11 Å². The zero-order valence-electron chi connectivity index (χ0n) is 9.76. The van der Waals surface area contributed by atoms with Crippen LogP contribution in [-0.2, 0) is 16.1 Å². The molecule has 1 saturated heterocycles. The van der Waals surface area contributed by atoms with Gasteiger partial charge in [0.25, 0.3) is 0 Å². The van der Waals surface area contributed by atoms with E-state index in [9.17, 15) is 9.59 Å². The van der Waals surface area contributed by atoms with Crippen LogP contribution in [0.15, 0.2) is 18.2 Å². The zero-order valence-corrected chi connectivity index (χ0v) is 10.6. The molecule has 1 aromatic rings. The molecule has 1 aromatic heterocycles. The smallest absolute Gasteiger partial charge is 0.328 e. The normalized spacial score (nSPS) is 17.0. The number of thiophene rings is 1. The predicted octanol–water partition coefficient (Wildman–Crippen LogP) is 0.778. The van der Waals surface area contributed by atoms with E-state index in [-0.39, 0.29) is 5.91 Å². The average molecular weight is 266 g/mol. The molecule has 96 valence electrons. The Balaban J connectivity index is 1.93. The molecule has 1 aliphatic rings. The number of hydrogen-bond donors (Lipinski definition) is 2. The maximum absolute atomic E-state index is 11.2. The Morgan fingerprint density at radius 2 is 2.39 bits per heavy atom. The Hall–Kier alpha value is -1.66. The maximum atomic E-state index is 11.2. The summed E-state index contributed by atoms with van der Waals surface area (Å²) in [5.74, 6) is -0.888. The van der Waals surface area contributed by atoms with Crippen LogP contribution in [0.2, 0.25) is 0 Å². The molecule has 0 aromatic carbocycles. The second-order valence-corrected chi connectivity index (χ2v) is 5.24. The van der Waals surface area contributed by atoms with Crippen molar-refractivity contribution in [3.8, 4) is 0 Å². The Kier molecular flexibility index (Phi) is 4.11. The van der Waals surface area contributed by atoms with Gasteiger partial charge in [-0.2, -0.15) is 0 Å². The van der Waals surface area contributed by atoms with Crippen LogP contribution in [0.4, 0.5) is 0 Å². The summed E-state index contributed by atoms with van der Waals surface area (Å²) in [5.41, 5.74) is 0. The Morgan fingerprint density at radius 1 is 1.56 bits per heavy atom. The third-order valence-corrected chi connectivity index (χ3v) is 3.60. The molecule has 0 radical (unpaired) electrons. The lowest BCUT2D eigenvalue weighted by atomic mass is 10.3. The molecular weight excluding hydrogens is 252 g/mol. The molecule has 2 rings (SSSR count). The lowest BCUT2D eigenvalue weighted by Crippen LogP contribution is -2.46. The standard InChI is InChI=1S/C12H14N2O3S/c15-11-8-14(6-5-13-11)7-10-2-1-9(18-10)3-4-12(16)17/h1-4H,5-8H2,(H,13,15)(H,16,17). The molecule has 1 fully saturated rings. The lowest BCUT2D eigenvalue weighted by Gasteiger charge is -2.25. The van der Waals surface area contributed by atoms with Gasteiger partial charge in [0.15, 0.2) is 0 Å². The fraction of sp³-hybridized carbons (Fsp3) is 0.333. The summed E-state index contributed by atoms with van der Waals surface area (Å²) in [4.78, 5) is 25.7. The molecule has 0 spiro atoms. The summed E-state index contributed by atoms with van der Waals surface area (Å²) in [6.07, 6.45) is 2.71. The van der Waals surface area contributed by atoms with Gasteiger partial charge in [-0.3, -0.25) is 9.69 Å². The quantitative estimate of drug-likeness (QED) is 0.790. The highest BCUT2D eigenvalue weighted by atomic mass is 32.1. The fourth-order valence-electron chi connectivity index (χ4n) is 1.77. The van der Waals surface area contributed by atoms with Gasteiger partial charge in [-0.1, -0.05) is 0 Å². The number of carboxylic acid groups (broad SMARTS) is 1. The van der Waals surface area contributed by atoms with E-state index in [2.05, 4.69) is 10.2 Å². The molecule has 2 N–H and O–H groups in total. The van der Waals surface area contributed by atoms with Crippen LogP contribution >= 0.6 is 11.3 Å². The van der Waals surface area contributed by atoms with Crippen molar-refractivity contribution in [1.29, 1.82) is 0 Å². The molecule has 0 aliphatic carbocycles. The van der Waals surface area contributed by atoms with Crippen molar-refractivity contribution in [3.63, 3.8) is 0 Å². The van der Waals surface area contributed by atoms with Crippen LogP contribution in [-0.4, -0.2) is 41.5 Å². The van der Waals surface area contributed by atoms with E-state index >= 15 is 0 Å². The van der Waals surface area contributed by atoms with E-state index in [1.165, 1.54) is 0 Å². The van der Waals surface area contributed by atoms with Gasteiger partial charge in [0.05, 0.1) is 6.54 Å². The van der Waals surface area contributed by atoms with Crippen molar-refractivity contribution in [2.75, 3.05) is 19.6 Å². The molecule has 0 bridgehead atoms. The molecule has 1 aliphatic heterocycles. The minimum absolute atomic E-state index is 0.0591. The second kappa shape index (κ2) is 5.79. The molecule has 1 amide bonds. The second-order valence-electron chi connectivity index (χ2n) is 4.04. The van der Waals surface area contributed by atoms with Gasteiger partial charge in [0.2, 0.25) is 5.91 Å². The highest BCUT2D eigenvalue weighted by Gasteiger charge is 2.16. The molecular formula is C12H14N2O3S. The summed E-state index contributed by atoms with van der Waals surface area (Å²) in [6.45, 7) is 2.71. The van der Waals surface area contributed by atoms with Crippen LogP contribution in [0, 0.1) is 0 Å². The first-order valence-corrected chi connectivity index (χ1v) is 6.44. The summed E-state index contributed by atoms with van der Waals surface area (Å²) >= 11 is 1.55. The van der Waals surface area contributed by atoms with Crippen molar-refractivity contribution in [1.82, 2.24) is 10.2 Å². The topological polar surface area (TPSA) is 69.6 Å². The number of nitrogens with zero attached hydrogens (tertiary/aromatic N) is 1. The number of amides is 1. The molecule has 6 heteroatoms. The van der Waals surface area contributed by atoms with Crippen LogP contribution in [0.25, 0.3) is 6.08 Å². The van der Waals surface area contributed by atoms with Crippen molar-refractivity contribution in [2.24, 2.45) is 0 Å². The number of carboxylic acids is 1. The highest BCUT2D eigenvalue weighted by molar-refractivity contribution is 7.12. The van der Waals surface area contributed by atoms with Crippen LogP contribution in [0.5, 0.6) is 0 Å². The highest BCUT2D eigenvalue weighted by Crippen LogP contribution is 2.19. The third kappa shape index (κ3) is 3.68. The van der Waals surface area contributed by atoms with Crippen molar-refractivity contribution in [3.05, 3.63) is 28.0 Å². The summed E-state index contributed by atoms with van der Waals surface area (Å²) in [7, 11) is 0. The molecule has 0 atom stereocenters. The lowest BCUT2D eigenvalue weighted by molar-refractivity contribution is -0.131. The Bertz CT molecular complexity index is 481. The number of aliphatic carboxylic acids is 1. The first-order valence-electron chi connectivity index (χ1n) is 5.62.